The lowest BCUT2D eigenvalue weighted by Crippen LogP contribution is -1.99. The molecule has 1 aromatic carbocycles. The van der Waals surface area contributed by atoms with E-state index in [9.17, 15) is 13.6 Å². The smallest absolute Gasteiger partial charge is 0.355 e. The molecule has 0 aliphatic carbocycles. The fraction of sp³-hybridized carbons (Fsp3) is 0.182. The third-order valence-corrected chi connectivity index (χ3v) is 6.07. The number of hydrogen-bond donors (Lipinski definition) is 1. The van der Waals surface area contributed by atoms with Crippen molar-refractivity contribution < 1.29 is 28.2 Å². The van der Waals surface area contributed by atoms with E-state index in [-0.39, 0.29) is 24.5 Å². The molecule has 0 atom stereocenters. The van der Waals surface area contributed by atoms with Gasteiger partial charge >= 0.3 is 5.97 Å². The number of benzene rings is 1. The molecule has 162 valence electrons. The van der Waals surface area contributed by atoms with E-state index >= 15 is 0 Å². The van der Waals surface area contributed by atoms with Crippen LogP contribution in [-0.2, 0) is 11.3 Å². The largest absolute Gasteiger partial charge is 0.486 e. The number of methoxy groups -OCH3 is 1. The lowest BCUT2D eigenvalue weighted by atomic mass is 10.1. The molecule has 2 heterocycles. The zero-order valence-corrected chi connectivity index (χ0v) is 18.2. The van der Waals surface area contributed by atoms with E-state index in [1.165, 1.54) is 47.7 Å². The summed E-state index contributed by atoms with van der Waals surface area (Å²) in [6.45, 7) is 3.99. The van der Waals surface area contributed by atoms with Gasteiger partial charge in [0.15, 0.2) is 17.3 Å². The Labute approximate surface area is 186 Å². The first-order valence-electron chi connectivity index (χ1n) is 9.05. The molecule has 1 aliphatic heterocycles. The van der Waals surface area contributed by atoms with Gasteiger partial charge in [-0.1, -0.05) is 18.7 Å². The molecule has 0 unspecified atom stereocenters. The van der Waals surface area contributed by atoms with Gasteiger partial charge in [0.2, 0.25) is 0 Å². The lowest BCUT2D eigenvalue weighted by Gasteiger charge is -2.10. The van der Waals surface area contributed by atoms with Crippen molar-refractivity contribution in [3.05, 3.63) is 86.8 Å². The molecule has 0 bridgehead atoms. The zero-order chi connectivity index (χ0) is 22.4. The van der Waals surface area contributed by atoms with Crippen molar-refractivity contribution in [2.45, 2.75) is 6.61 Å². The number of thioether (sulfide) groups is 1. The van der Waals surface area contributed by atoms with Gasteiger partial charge in [0, 0.05) is 28.7 Å². The predicted molar refractivity (Wildman–Crippen MR) is 119 cm³/mol. The van der Waals surface area contributed by atoms with Gasteiger partial charge in [-0.2, -0.15) is 0 Å². The molecule has 0 amide bonds. The Hall–Kier alpha value is -2.75. The second-order valence-electron chi connectivity index (χ2n) is 6.43. The molecule has 1 N–H and O–H groups in total. The number of carboxylic acid groups (broad SMARTS) is 1. The summed E-state index contributed by atoms with van der Waals surface area (Å²) in [4.78, 5) is 15.6. The normalized spacial score (nSPS) is 20.7. The van der Waals surface area contributed by atoms with Gasteiger partial charge in [0.05, 0.1) is 6.61 Å². The van der Waals surface area contributed by atoms with E-state index in [1.54, 1.807) is 24.3 Å². The maximum absolute atomic E-state index is 14.4. The maximum atomic E-state index is 14.4. The van der Waals surface area contributed by atoms with Crippen LogP contribution in [0.5, 0.6) is 5.75 Å². The molecule has 3 rings (SSSR count). The standard InChI is InChI=1S/C22H19F2NO4S2/c1-13-7-17(9-28-2)30-11-15(8-18(23)21(13)24)14-3-5-16(6-4-14)29-10-20-25-19(12-31-20)22(26)27/h3-8,12H,1,9-11H2,2H3,(H,26,27)/b15-8+,17-7-,21-18-. The van der Waals surface area contributed by atoms with Gasteiger partial charge in [-0.25, -0.2) is 18.6 Å². The number of allylic oxidation sites excluding steroid dienone is 5. The van der Waals surface area contributed by atoms with Crippen LogP contribution in [0, 0.1) is 0 Å². The molecule has 1 aromatic heterocycles. The van der Waals surface area contributed by atoms with E-state index in [4.69, 9.17) is 14.6 Å². The van der Waals surface area contributed by atoms with E-state index in [2.05, 4.69) is 11.6 Å². The van der Waals surface area contributed by atoms with Gasteiger partial charge in [0.1, 0.15) is 17.4 Å². The molecule has 9 heteroatoms. The molecule has 0 fully saturated rings. The summed E-state index contributed by atoms with van der Waals surface area (Å²) in [7, 11) is 1.53. The minimum Gasteiger partial charge on any atom is -0.486 e. The van der Waals surface area contributed by atoms with Crippen molar-refractivity contribution in [3.63, 3.8) is 0 Å². The number of thiazole rings is 1. The van der Waals surface area contributed by atoms with Crippen LogP contribution in [0.3, 0.4) is 0 Å². The average molecular weight is 464 g/mol. The number of ether oxygens (including phenoxy) is 2. The van der Waals surface area contributed by atoms with Crippen LogP contribution >= 0.6 is 23.1 Å². The van der Waals surface area contributed by atoms with Gasteiger partial charge in [-0.15, -0.1) is 23.1 Å². The number of carbonyl (C=O) groups is 1. The van der Waals surface area contributed by atoms with Gasteiger partial charge in [0.25, 0.3) is 0 Å². The number of rotatable bonds is 7. The van der Waals surface area contributed by atoms with Crippen LogP contribution in [0.2, 0.25) is 0 Å². The Balaban J connectivity index is 1.75. The second-order valence-corrected chi connectivity index (χ2v) is 8.48. The third-order valence-electron chi connectivity index (χ3n) is 4.19. The Morgan fingerprint density at radius 3 is 2.61 bits per heavy atom. The van der Waals surface area contributed by atoms with Crippen LogP contribution in [0.4, 0.5) is 8.78 Å². The molecule has 1 aliphatic rings. The van der Waals surface area contributed by atoms with Crippen molar-refractivity contribution in [2.24, 2.45) is 0 Å². The van der Waals surface area contributed by atoms with Crippen molar-refractivity contribution in [3.8, 4) is 5.75 Å². The van der Waals surface area contributed by atoms with Crippen molar-refractivity contribution in [1.82, 2.24) is 4.98 Å². The molecule has 31 heavy (non-hydrogen) atoms. The van der Waals surface area contributed by atoms with E-state index in [1.807, 2.05) is 0 Å². The molecule has 0 saturated carbocycles. The second kappa shape index (κ2) is 10.5. The summed E-state index contributed by atoms with van der Waals surface area (Å²) < 4.78 is 39.4. The van der Waals surface area contributed by atoms with Crippen LogP contribution in [0.15, 0.2) is 70.5 Å². The Kier molecular flexibility index (Phi) is 7.78. The highest BCUT2D eigenvalue weighted by Gasteiger charge is 2.15. The minimum absolute atomic E-state index is 0.0181. The van der Waals surface area contributed by atoms with Crippen LogP contribution in [-0.4, -0.2) is 35.5 Å². The average Bonchev–Trinajstić information content (AvgIpc) is 3.25. The van der Waals surface area contributed by atoms with Gasteiger partial charge < -0.3 is 14.6 Å². The van der Waals surface area contributed by atoms with Crippen molar-refractivity contribution in [1.29, 1.82) is 0 Å². The maximum Gasteiger partial charge on any atom is 0.355 e. The number of aromatic nitrogens is 1. The molecular formula is C22H19F2NO4S2. The Bertz CT molecular complexity index is 1070. The van der Waals surface area contributed by atoms with Crippen molar-refractivity contribution >= 4 is 34.6 Å². The first kappa shape index (κ1) is 22.9. The summed E-state index contributed by atoms with van der Waals surface area (Å²) in [5.41, 5.74) is 1.27. The van der Waals surface area contributed by atoms with E-state index in [0.717, 1.165) is 10.5 Å². The minimum atomic E-state index is -1.09. The zero-order valence-electron chi connectivity index (χ0n) is 16.6. The van der Waals surface area contributed by atoms with Crippen LogP contribution in [0.1, 0.15) is 21.1 Å². The highest BCUT2D eigenvalue weighted by Crippen LogP contribution is 2.33. The highest BCUT2D eigenvalue weighted by atomic mass is 32.2. The first-order chi connectivity index (χ1) is 14.9. The number of nitrogens with zero attached hydrogens (tertiary/aromatic N) is 1. The topological polar surface area (TPSA) is 68.7 Å². The number of aromatic carboxylic acids is 1. The fourth-order valence-electron chi connectivity index (χ4n) is 2.66. The summed E-state index contributed by atoms with van der Waals surface area (Å²) in [6.07, 6.45) is 2.67. The summed E-state index contributed by atoms with van der Waals surface area (Å²) >= 11 is 2.62. The summed E-state index contributed by atoms with van der Waals surface area (Å²) in [5.74, 6) is -2.10. The molecule has 2 aromatic rings. The molecular weight excluding hydrogens is 444 g/mol. The highest BCUT2D eigenvalue weighted by molar-refractivity contribution is 8.03. The number of carboxylic acids is 1. The first-order valence-corrected chi connectivity index (χ1v) is 10.9. The van der Waals surface area contributed by atoms with Crippen LogP contribution < -0.4 is 4.74 Å². The Morgan fingerprint density at radius 1 is 1.23 bits per heavy atom. The summed E-state index contributed by atoms with van der Waals surface area (Å²) in [6, 6.07) is 6.93. The van der Waals surface area contributed by atoms with Gasteiger partial charge in [-0.3, -0.25) is 0 Å². The van der Waals surface area contributed by atoms with Crippen molar-refractivity contribution in [2.75, 3.05) is 19.5 Å². The Morgan fingerprint density at radius 2 is 1.97 bits per heavy atom. The molecule has 0 saturated heterocycles. The number of halogens is 2. The van der Waals surface area contributed by atoms with E-state index < -0.39 is 17.6 Å². The van der Waals surface area contributed by atoms with E-state index in [0.29, 0.717) is 22.1 Å². The SMILES string of the molecule is C=C1/C=C(/COC)SC/C(c2ccc(OCc3nc(C(=O)O)cs3)cc2)=C\C(F)=C/1F. The lowest BCUT2D eigenvalue weighted by molar-refractivity contribution is 0.0691. The monoisotopic (exact) mass is 463 g/mol. The fourth-order valence-corrected chi connectivity index (χ4v) is 4.36. The van der Waals surface area contributed by atoms with Gasteiger partial charge in [-0.05, 0) is 35.4 Å². The van der Waals surface area contributed by atoms with Crippen LogP contribution in [0.25, 0.3) is 5.57 Å². The molecule has 5 nitrogen and oxygen atoms in total. The molecule has 0 radical (unpaired) electrons. The predicted octanol–water partition coefficient (Wildman–Crippen LogP) is 5.79. The molecule has 0 spiro atoms. The summed E-state index contributed by atoms with van der Waals surface area (Å²) in [5, 5.41) is 10.9. The quantitative estimate of drug-likeness (QED) is 0.561. The third kappa shape index (κ3) is 6.13. The number of hydrogen-bond acceptors (Lipinski definition) is 6.